The summed E-state index contributed by atoms with van der Waals surface area (Å²) in [5.41, 5.74) is -0.152. The molecule has 0 saturated carbocycles. The number of sulfonamides is 1. The average Bonchev–Trinajstić information content (AvgIpc) is 2.67. The highest BCUT2D eigenvalue weighted by atomic mass is 79.9. The fourth-order valence-electron chi connectivity index (χ4n) is 2.25. The summed E-state index contributed by atoms with van der Waals surface area (Å²) in [4.78, 5) is 11.0. The molecule has 5 nitrogen and oxygen atoms in total. The highest BCUT2D eigenvalue weighted by molar-refractivity contribution is 9.10. The molecule has 1 heterocycles. The predicted molar refractivity (Wildman–Crippen MR) is 75.7 cm³/mol. The van der Waals surface area contributed by atoms with Crippen LogP contribution in [0.3, 0.4) is 0 Å². The molecule has 1 aliphatic heterocycles. The molecule has 1 saturated heterocycles. The molecule has 1 fully saturated rings. The van der Waals surface area contributed by atoms with E-state index in [1.54, 1.807) is 0 Å². The topological polar surface area (TPSA) is 77.5 Å². The predicted octanol–water partition coefficient (Wildman–Crippen LogP) is 1.38. The zero-order valence-electron chi connectivity index (χ0n) is 10.8. The minimum absolute atomic E-state index is 0.00167. The second-order valence-corrected chi connectivity index (χ2v) is 7.54. The van der Waals surface area contributed by atoms with Gasteiger partial charge in [0.2, 0.25) is 10.0 Å². The van der Waals surface area contributed by atoms with E-state index in [0.29, 0.717) is 17.6 Å². The van der Waals surface area contributed by atoms with E-state index in [0.717, 1.165) is 31.7 Å². The largest absolute Gasteiger partial charge is 0.545 e. The van der Waals surface area contributed by atoms with Gasteiger partial charge in [-0.05, 0) is 31.0 Å². The molecule has 1 aromatic rings. The first-order valence-electron chi connectivity index (χ1n) is 6.44. The second-order valence-electron chi connectivity index (χ2n) is 4.75. The molecule has 0 radical (unpaired) electrons. The molecular weight excluding hydrogens is 346 g/mol. The molecule has 0 aromatic heterocycles. The lowest BCUT2D eigenvalue weighted by Crippen LogP contribution is -2.32. The van der Waals surface area contributed by atoms with E-state index in [1.807, 2.05) is 0 Å². The third kappa shape index (κ3) is 3.21. The van der Waals surface area contributed by atoms with E-state index in [2.05, 4.69) is 15.9 Å². The van der Waals surface area contributed by atoms with Gasteiger partial charge >= 0.3 is 0 Å². The van der Waals surface area contributed by atoms with Crippen molar-refractivity contribution in [1.82, 2.24) is 4.31 Å². The van der Waals surface area contributed by atoms with Crippen LogP contribution in [0.1, 0.15) is 36.0 Å². The number of halogens is 1. The summed E-state index contributed by atoms with van der Waals surface area (Å²) in [6.45, 7) is 0.970. The van der Waals surface area contributed by atoms with Gasteiger partial charge in [-0.3, -0.25) is 0 Å². The van der Waals surface area contributed by atoms with Gasteiger partial charge in [-0.1, -0.05) is 28.8 Å². The number of carboxylic acid groups (broad SMARTS) is 1. The highest BCUT2D eigenvalue weighted by Crippen LogP contribution is 2.24. The Balaban J connectivity index is 2.38. The Labute approximate surface area is 126 Å². The summed E-state index contributed by atoms with van der Waals surface area (Å²) < 4.78 is 26.8. The first kappa shape index (κ1) is 15.5. The molecular formula is C13H15BrNO4S-. The molecule has 0 amide bonds. The zero-order valence-corrected chi connectivity index (χ0v) is 13.2. The molecule has 7 heteroatoms. The summed E-state index contributed by atoms with van der Waals surface area (Å²) >= 11 is 3.08. The number of benzene rings is 1. The smallest absolute Gasteiger partial charge is 0.243 e. The molecule has 20 heavy (non-hydrogen) atoms. The minimum atomic E-state index is -3.64. The lowest BCUT2D eigenvalue weighted by atomic mass is 10.2. The summed E-state index contributed by atoms with van der Waals surface area (Å²) in [6, 6.07) is 3.99. The van der Waals surface area contributed by atoms with Crippen molar-refractivity contribution < 1.29 is 18.3 Å². The van der Waals surface area contributed by atoms with Gasteiger partial charge in [-0.25, -0.2) is 8.42 Å². The molecule has 1 aromatic carbocycles. The van der Waals surface area contributed by atoms with Gasteiger partial charge in [-0.15, -0.1) is 0 Å². The highest BCUT2D eigenvalue weighted by Gasteiger charge is 2.25. The third-order valence-electron chi connectivity index (χ3n) is 3.36. The molecule has 0 unspecified atom stereocenters. The van der Waals surface area contributed by atoms with Crippen LogP contribution in [0.4, 0.5) is 0 Å². The lowest BCUT2D eigenvalue weighted by molar-refractivity contribution is -0.255. The van der Waals surface area contributed by atoms with E-state index in [9.17, 15) is 18.3 Å². The molecule has 0 atom stereocenters. The van der Waals surface area contributed by atoms with Crippen LogP contribution in [-0.4, -0.2) is 31.8 Å². The van der Waals surface area contributed by atoms with Crippen molar-refractivity contribution in [1.29, 1.82) is 0 Å². The fraction of sp³-hybridized carbons (Fsp3) is 0.462. The van der Waals surface area contributed by atoms with E-state index in [4.69, 9.17) is 0 Å². The molecule has 0 aliphatic carbocycles. The number of aromatic carboxylic acids is 1. The lowest BCUT2D eigenvalue weighted by Gasteiger charge is -2.20. The Morgan fingerprint density at radius 3 is 2.30 bits per heavy atom. The summed E-state index contributed by atoms with van der Waals surface area (Å²) in [7, 11) is -3.64. The standard InChI is InChI=1S/C13H16BrNO4S/c14-12-6-5-10(9-11(12)13(16)17)20(18,19)15-7-3-1-2-4-8-15/h5-6,9H,1-4,7-8H2,(H,16,17)/p-1. The Hall–Kier alpha value is -0.920. The maximum Gasteiger partial charge on any atom is 0.243 e. The first-order valence-corrected chi connectivity index (χ1v) is 8.67. The van der Waals surface area contributed by atoms with Gasteiger partial charge in [0.05, 0.1) is 10.9 Å². The number of carbonyl (C=O) groups excluding carboxylic acids is 1. The van der Waals surface area contributed by atoms with Crippen LogP contribution in [0.5, 0.6) is 0 Å². The van der Waals surface area contributed by atoms with Gasteiger partial charge in [0, 0.05) is 23.1 Å². The molecule has 110 valence electrons. The van der Waals surface area contributed by atoms with Gasteiger partial charge in [-0.2, -0.15) is 4.31 Å². The Morgan fingerprint density at radius 1 is 1.15 bits per heavy atom. The summed E-state index contributed by atoms with van der Waals surface area (Å²) in [5.74, 6) is -1.40. The van der Waals surface area contributed by atoms with E-state index >= 15 is 0 Å². The van der Waals surface area contributed by atoms with Gasteiger partial charge in [0.25, 0.3) is 0 Å². The SMILES string of the molecule is O=C([O-])c1cc(S(=O)(=O)N2CCCCCC2)ccc1Br. The molecule has 2 rings (SSSR count). The molecule has 0 bridgehead atoms. The van der Waals surface area contributed by atoms with E-state index < -0.39 is 16.0 Å². The quantitative estimate of drug-likeness (QED) is 0.815. The maximum atomic E-state index is 12.5. The monoisotopic (exact) mass is 360 g/mol. The van der Waals surface area contributed by atoms with Crippen LogP contribution in [0.2, 0.25) is 0 Å². The van der Waals surface area contributed by atoms with Gasteiger partial charge in [0.1, 0.15) is 0 Å². The minimum Gasteiger partial charge on any atom is -0.545 e. The van der Waals surface area contributed by atoms with Crippen molar-refractivity contribution in [2.75, 3.05) is 13.1 Å². The maximum absolute atomic E-state index is 12.5. The number of carboxylic acids is 1. The normalized spacial score (nSPS) is 17.6. The molecule has 1 aliphatic rings. The second kappa shape index (κ2) is 6.24. The van der Waals surface area contributed by atoms with E-state index in [-0.39, 0.29) is 10.5 Å². The number of rotatable bonds is 3. The summed E-state index contributed by atoms with van der Waals surface area (Å²) in [5, 5.41) is 11.0. The first-order chi connectivity index (χ1) is 9.43. The zero-order chi connectivity index (χ0) is 14.8. The molecule has 0 spiro atoms. The van der Waals surface area contributed by atoms with Crippen molar-refractivity contribution in [3.63, 3.8) is 0 Å². The summed E-state index contributed by atoms with van der Waals surface area (Å²) in [6.07, 6.45) is 3.72. The average molecular weight is 361 g/mol. The Bertz CT molecular complexity index is 607. The van der Waals surface area contributed by atoms with Crippen LogP contribution in [0.25, 0.3) is 0 Å². The van der Waals surface area contributed by atoms with Crippen LogP contribution in [-0.2, 0) is 10.0 Å². The molecule has 0 N–H and O–H groups in total. The number of hydrogen-bond acceptors (Lipinski definition) is 4. The van der Waals surface area contributed by atoms with Crippen LogP contribution in [0, 0.1) is 0 Å². The van der Waals surface area contributed by atoms with Crippen molar-refractivity contribution >= 4 is 31.9 Å². The van der Waals surface area contributed by atoms with Crippen molar-refractivity contribution in [2.45, 2.75) is 30.6 Å². The van der Waals surface area contributed by atoms with Crippen molar-refractivity contribution in [3.8, 4) is 0 Å². The Kier molecular flexibility index (Phi) is 4.82. The number of carbonyl (C=O) groups is 1. The number of nitrogens with zero attached hydrogens (tertiary/aromatic N) is 1. The van der Waals surface area contributed by atoms with Crippen LogP contribution in [0.15, 0.2) is 27.6 Å². The fourth-order valence-corrected chi connectivity index (χ4v) is 4.20. The van der Waals surface area contributed by atoms with E-state index in [1.165, 1.54) is 16.4 Å². The van der Waals surface area contributed by atoms with Gasteiger partial charge in [0.15, 0.2) is 0 Å². The van der Waals surface area contributed by atoms with Crippen molar-refractivity contribution in [3.05, 3.63) is 28.2 Å². The van der Waals surface area contributed by atoms with Crippen molar-refractivity contribution in [2.24, 2.45) is 0 Å². The third-order valence-corrected chi connectivity index (χ3v) is 5.95. The van der Waals surface area contributed by atoms with Gasteiger partial charge < -0.3 is 9.90 Å². The number of hydrogen-bond donors (Lipinski definition) is 0. The van der Waals surface area contributed by atoms with Crippen LogP contribution >= 0.6 is 15.9 Å². The Morgan fingerprint density at radius 2 is 1.75 bits per heavy atom. The van der Waals surface area contributed by atoms with Crippen LogP contribution < -0.4 is 5.11 Å².